The number of likely N-dealkylation sites (N-methyl/N-ethyl adjacent to an activating group) is 1. The van der Waals surface area contributed by atoms with Crippen molar-refractivity contribution in [3.63, 3.8) is 0 Å². The van der Waals surface area contributed by atoms with Crippen LogP contribution >= 0.6 is 0 Å². The Morgan fingerprint density at radius 2 is 2.15 bits per heavy atom. The zero-order valence-corrected chi connectivity index (χ0v) is 8.33. The first kappa shape index (κ1) is 10.0. The van der Waals surface area contributed by atoms with Gasteiger partial charge in [0.05, 0.1) is 0 Å². The van der Waals surface area contributed by atoms with Gasteiger partial charge in [0.2, 0.25) is 11.8 Å². The number of carbonyl (C=O) groups excluding carboxylic acids is 2. The summed E-state index contributed by atoms with van der Waals surface area (Å²) in [5, 5.41) is 2.71. The summed E-state index contributed by atoms with van der Waals surface area (Å²) in [7, 11) is 1.75. The molecule has 0 saturated carbocycles. The Balaban J connectivity index is 2.81. The van der Waals surface area contributed by atoms with Crippen molar-refractivity contribution in [2.75, 3.05) is 7.05 Å². The molecule has 2 amide bonds. The van der Waals surface area contributed by atoms with Gasteiger partial charge in [0, 0.05) is 19.5 Å². The van der Waals surface area contributed by atoms with Crippen molar-refractivity contribution in [2.45, 2.75) is 38.8 Å². The highest BCUT2D eigenvalue weighted by Crippen LogP contribution is 2.10. The number of hydrogen-bond acceptors (Lipinski definition) is 2. The highest BCUT2D eigenvalue weighted by molar-refractivity contribution is 5.90. The van der Waals surface area contributed by atoms with E-state index in [0.717, 1.165) is 0 Å². The number of amides is 2. The molecule has 1 aliphatic rings. The molecule has 4 heteroatoms. The molecule has 0 aromatic carbocycles. The van der Waals surface area contributed by atoms with Crippen LogP contribution in [0.5, 0.6) is 0 Å². The second-order valence-corrected chi connectivity index (χ2v) is 3.53. The normalized spacial score (nSPS) is 29.9. The molecule has 13 heavy (non-hydrogen) atoms. The molecule has 1 rings (SSSR count). The molecule has 1 aliphatic heterocycles. The van der Waals surface area contributed by atoms with Gasteiger partial charge in [-0.25, -0.2) is 0 Å². The van der Waals surface area contributed by atoms with Gasteiger partial charge < -0.3 is 10.2 Å². The topological polar surface area (TPSA) is 49.4 Å². The van der Waals surface area contributed by atoms with Gasteiger partial charge in [0.1, 0.15) is 6.04 Å². The van der Waals surface area contributed by atoms with Crippen LogP contribution in [0.1, 0.15) is 26.7 Å². The molecular weight excluding hydrogens is 168 g/mol. The average molecular weight is 184 g/mol. The number of nitrogens with zero attached hydrogens (tertiary/aromatic N) is 1. The quantitative estimate of drug-likeness (QED) is 0.630. The molecule has 0 radical (unpaired) electrons. The van der Waals surface area contributed by atoms with E-state index in [9.17, 15) is 9.59 Å². The fourth-order valence-electron chi connectivity index (χ4n) is 1.46. The first-order valence-electron chi connectivity index (χ1n) is 4.62. The van der Waals surface area contributed by atoms with E-state index in [1.165, 1.54) is 0 Å². The lowest BCUT2D eigenvalue weighted by Crippen LogP contribution is -2.44. The lowest BCUT2D eigenvalue weighted by molar-refractivity contribution is -0.133. The van der Waals surface area contributed by atoms with Gasteiger partial charge in [-0.2, -0.15) is 0 Å². The Kier molecular flexibility index (Phi) is 2.90. The van der Waals surface area contributed by atoms with Crippen LogP contribution in [0.2, 0.25) is 0 Å². The van der Waals surface area contributed by atoms with Crippen molar-refractivity contribution in [3.05, 3.63) is 0 Å². The molecule has 4 nitrogen and oxygen atoms in total. The fourth-order valence-corrected chi connectivity index (χ4v) is 1.46. The molecule has 1 N–H and O–H groups in total. The molecule has 1 fully saturated rings. The molecule has 0 aromatic heterocycles. The van der Waals surface area contributed by atoms with Crippen LogP contribution in [0, 0.1) is 0 Å². The molecule has 0 aromatic rings. The van der Waals surface area contributed by atoms with E-state index in [1.54, 1.807) is 11.9 Å². The van der Waals surface area contributed by atoms with Crippen molar-refractivity contribution in [3.8, 4) is 0 Å². The summed E-state index contributed by atoms with van der Waals surface area (Å²) in [6, 6.07) is -0.327. The van der Waals surface area contributed by atoms with Crippen LogP contribution in [0.4, 0.5) is 0 Å². The van der Waals surface area contributed by atoms with E-state index in [0.29, 0.717) is 12.8 Å². The van der Waals surface area contributed by atoms with Gasteiger partial charge in [-0.3, -0.25) is 9.59 Å². The maximum absolute atomic E-state index is 11.6. The predicted octanol–water partition coefficient (Wildman–Crippen LogP) is 0.132. The molecule has 1 saturated heterocycles. The van der Waals surface area contributed by atoms with Gasteiger partial charge in [-0.1, -0.05) is 6.92 Å². The summed E-state index contributed by atoms with van der Waals surface area (Å²) >= 11 is 0. The minimum Gasteiger partial charge on any atom is -0.344 e. The van der Waals surface area contributed by atoms with E-state index in [-0.39, 0.29) is 23.9 Å². The minimum atomic E-state index is -0.331. The van der Waals surface area contributed by atoms with Crippen LogP contribution in [0.25, 0.3) is 0 Å². The monoisotopic (exact) mass is 184 g/mol. The first-order valence-corrected chi connectivity index (χ1v) is 4.62. The molecule has 2 atom stereocenters. The molecule has 2 unspecified atom stereocenters. The Bertz CT molecular complexity index is 228. The summed E-state index contributed by atoms with van der Waals surface area (Å²) in [6.45, 7) is 3.78. The van der Waals surface area contributed by atoms with Crippen LogP contribution in [0.15, 0.2) is 0 Å². The van der Waals surface area contributed by atoms with Crippen LogP contribution in [-0.2, 0) is 9.59 Å². The molecule has 74 valence electrons. The lowest BCUT2D eigenvalue weighted by atomic mass is 10.2. The average Bonchev–Trinajstić information content (AvgIpc) is 2.18. The number of carbonyl (C=O) groups is 2. The van der Waals surface area contributed by atoms with Gasteiger partial charge in [0.25, 0.3) is 0 Å². The SMILES string of the molecule is CCC1NC(=O)CC(C)N(C)C1=O. The van der Waals surface area contributed by atoms with Crippen LogP contribution in [0.3, 0.4) is 0 Å². The predicted molar refractivity (Wildman–Crippen MR) is 49.1 cm³/mol. The van der Waals surface area contributed by atoms with Crippen LogP contribution < -0.4 is 5.32 Å². The molecule has 0 bridgehead atoms. The first-order chi connectivity index (χ1) is 6.06. The maximum Gasteiger partial charge on any atom is 0.245 e. The summed E-state index contributed by atoms with van der Waals surface area (Å²) in [6.07, 6.45) is 1.06. The van der Waals surface area contributed by atoms with Crippen molar-refractivity contribution >= 4 is 11.8 Å². The second kappa shape index (κ2) is 3.77. The lowest BCUT2D eigenvalue weighted by Gasteiger charge is -2.23. The van der Waals surface area contributed by atoms with Crippen molar-refractivity contribution in [1.82, 2.24) is 10.2 Å². The van der Waals surface area contributed by atoms with Gasteiger partial charge in [-0.05, 0) is 13.3 Å². The minimum absolute atomic E-state index is 0.00375. The van der Waals surface area contributed by atoms with Gasteiger partial charge in [0.15, 0.2) is 0 Å². The third-order valence-corrected chi connectivity index (χ3v) is 2.53. The van der Waals surface area contributed by atoms with Gasteiger partial charge >= 0.3 is 0 Å². The van der Waals surface area contributed by atoms with Gasteiger partial charge in [-0.15, -0.1) is 0 Å². The van der Waals surface area contributed by atoms with E-state index in [4.69, 9.17) is 0 Å². The van der Waals surface area contributed by atoms with Crippen molar-refractivity contribution < 1.29 is 9.59 Å². The van der Waals surface area contributed by atoms with E-state index in [2.05, 4.69) is 5.32 Å². The highest BCUT2D eigenvalue weighted by atomic mass is 16.2. The Morgan fingerprint density at radius 3 is 2.69 bits per heavy atom. The van der Waals surface area contributed by atoms with Crippen molar-refractivity contribution in [2.24, 2.45) is 0 Å². The smallest absolute Gasteiger partial charge is 0.245 e. The number of nitrogens with one attached hydrogen (secondary N) is 1. The maximum atomic E-state index is 11.6. The summed E-state index contributed by atoms with van der Waals surface area (Å²) < 4.78 is 0. The molecule has 1 heterocycles. The molecule has 0 spiro atoms. The van der Waals surface area contributed by atoms with E-state index in [1.807, 2.05) is 13.8 Å². The summed E-state index contributed by atoms with van der Waals surface area (Å²) in [4.78, 5) is 24.6. The number of hydrogen-bond donors (Lipinski definition) is 1. The van der Waals surface area contributed by atoms with Crippen molar-refractivity contribution in [1.29, 1.82) is 0 Å². The third-order valence-electron chi connectivity index (χ3n) is 2.53. The Labute approximate surface area is 78.3 Å². The zero-order valence-electron chi connectivity index (χ0n) is 8.33. The zero-order chi connectivity index (χ0) is 10.0. The summed E-state index contributed by atoms with van der Waals surface area (Å²) in [5.41, 5.74) is 0. The fraction of sp³-hybridized carbons (Fsp3) is 0.778. The number of rotatable bonds is 1. The standard InChI is InChI=1S/C9H16N2O2/c1-4-7-9(13)11(3)6(2)5-8(12)10-7/h6-7H,4-5H2,1-3H3,(H,10,12). The Hall–Kier alpha value is -1.06. The third kappa shape index (κ3) is 1.99. The summed E-state index contributed by atoms with van der Waals surface area (Å²) in [5.74, 6) is -0.0158. The second-order valence-electron chi connectivity index (χ2n) is 3.53. The van der Waals surface area contributed by atoms with Crippen LogP contribution in [-0.4, -0.2) is 35.8 Å². The Morgan fingerprint density at radius 1 is 1.54 bits per heavy atom. The highest BCUT2D eigenvalue weighted by Gasteiger charge is 2.30. The van der Waals surface area contributed by atoms with E-state index < -0.39 is 0 Å². The molecular formula is C9H16N2O2. The largest absolute Gasteiger partial charge is 0.344 e. The van der Waals surface area contributed by atoms with E-state index >= 15 is 0 Å². The molecule has 0 aliphatic carbocycles.